The van der Waals surface area contributed by atoms with Crippen molar-refractivity contribution in [2.75, 3.05) is 34.1 Å². The minimum Gasteiger partial charge on any atom is -0.443 e. The quantitative estimate of drug-likeness (QED) is 0.317. The highest BCUT2D eigenvalue weighted by Crippen LogP contribution is 2.51. The van der Waals surface area contributed by atoms with Crippen LogP contribution in [-0.4, -0.2) is 80.7 Å². The molecule has 0 N–H and O–H groups in total. The van der Waals surface area contributed by atoms with E-state index < -0.39 is 44.4 Å². The molecule has 1 amide bonds. The van der Waals surface area contributed by atoms with E-state index in [0.717, 1.165) is 14.8 Å². The third-order valence-corrected chi connectivity index (χ3v) is 9.28. The fraction of sp³-hybridized carbons (Fsp3) is 0.517. The van der Waals surface area contributed by atoms with Crippen molar-refractivity contribution >= 4 is 22.1 Å². The molecule has 4 rings (SSSR count). The predicted molar refractivity (Wildman–Crippen MR) is 151 cm³/mol. The van der Waals surface area contributed by atoms with Gasteiger partial charge in [0.2, 0.25) is 16.0 Å². The second-order valence-electron chi connectivity index (χ2n) is 11.1. The Morgan fingerprint density at radius 1 is 1.12 bits per heavy atom. The molecule has 41 heavy (non-hydrogen) atoms. The Balaban J connectivity index is 1.80. The Morgan fingerprint density at radius 3 is 2.46 bits per heavy atom. The van der Waals surface area contributed by atoms with Gasteiger partial charge in [-0.1, -0.05) is 48.5 Å². The Kier molecular flexibility index (Phi) is 9.37. The summed E-state index contributed by atoms with van der Waals surface area (Å²) in [6.07, 6.45) is -1.21. The largest absolute Gasteiger partial charge is 0.443 e. The summed E-state index contributed by atoms with van der Waals surface area (Å²) in [5, 5.41) is -1.13. The van der Waals surface area contributed by atoms with Crippen molar-refractivity contribution in [3.8, 4) is 0 Å². The fourth-order valence-electron chi connectivity index (χ4n) is 5.14. The van der Waals surface area contributed by atoms with E-state index in [2.05, 4.69) is 0 Å². The number of fused-ring (bicyclic) bond motifs is 1. The maximum atomic E-state index is 15.5. The zero-order chi connectivity index (χ0) is 29.8. The third kappa shape index (κ3) is 6.72. The normalized spacial score (nSPS) is 23.6. The van der Waals surface area contributed by atoms with Crippen LogP contribution in [0.15, 0.2) is 59.6 Å². The summed E-state index contributed by atoms with van der Waals surface area (Å²) in [7, 11) is -1.33. The SMILES string of the molecule is COCCOCN(C(=O)OC(C)(C)C)C1=NC2(c3ccccc3F)CC(OCc3ccccc3)CC2S(=O)(=O)N1C. The van der Waals surface area contributed by atoms with Gasteiger partial charge in [-0.25, -0.2) is 31.8 Å². The number of hydrogen-bond donors (Lipinski definition) is 0. The number of benzene rings is 2. The molecule has 3 atom stereocenters. The van der Waals surface area contributed by atoms with Crippen molar-refractivity contribution in [3.63, 3.8) is 0 Å². The number of amides is 1. The van der Waals surface area contributed by atoms with E-state index in [-0.39, 0.29) is 50.9 Å². The van der Waals surface area contributed by atoms with Crippen molar-refractivity contribution < 1.29 is 36.6 Å². The van der Waals surface area contributed by atoms with E-state index in [1.165, 1.54) is 32.4 Å². The first-order valence-electron chi connectivity index (χ1n) is 13.4. The standard InChI is InChI=1S/C29H38FN3O7S/c1-28(2,3)40-27(34)33(20-38-16-15-37-5)26-31-29(23-13-9-10-14-24(23)30)18-22(17-25(29)41(35,36)32(26)4)39-19-21-11-7-6-8-12-21/h6-14,22,25H,15-20H2,1-5H3. The molecule has 1 heterocycles. The molecule has 0 spiro atoms. The van der Waals surface area contributed by atoms with E-state index in [1.54, 1.807) is 26.8 Å². The zero-order valence-electron chi connectivity index (χ0n) is 24.1. The molecule has 224 valence electrons. The summed E-state index contributed by atoms with van der Waals surface area (Å²) in [5.74, 6) is -0.816. The lowest BCUT2D eigenvalue weighted by atomic mass is 9.87. The van der Waals surface area contributed by atoms with Crippen LogP contribution in [0.25, 0.3) is 0 Å². The van der Waals surface area contributed by atoms with Gasteiger partial charge in [0.1, 0.15) is 28.9 Å². The summed E-state index contributed by atoms with van der Waals surface area (Å²) >= 11 is 0. The average Bonchev–Trinajstić information content (AvgIpc) is 3.30. The Labute approximate surface area is 241 Å². The third-order valence-electron chi connectivity index (χ3n) is 7.05. The van der Waals surface area contributed by atoms with Gasteiger partial charge in [0.15, 0.2) is 0 Å². The number of guanidine groups is 1. The van der Waals surface area contributed by atoms with Crippen LogP contribution in [0, 0.1) is 5.82 Å². The van der Waals surface area contributed by atoms with Gasteiger partial charge in [-0.3, -0.25) is 0 Å². The van der Waals surface area contributed by atoms with E-state index in [0.29, 0.717) is 0 Å². The topological polar surface area (TPSA) is 107 Å². The number of hydrogen-bond acceptors (Lipinski definition) is 8. The van der Waals surface area contributed by atoms with Crippen LogP contribution < -0.4 is 0 Å². The highest BCUT2D eigenvalue weighted by molar-refractivity contribution is 7.90. The molecule has 1 fully saturated rings. The number of aliphatic imine (C=N–C) groups is 1. The molecule has 0 saturated heterocycles. The highest BCUT2D eigenvalue weighted by Gasteiger charge is 2.61. The molecule has 2 aromatic rings. The smallest absolute Gasteiger partial charge is 0.419 e. The van der Waals surface area contributed by atoms with Crippen molar-refractivity contribution in [2.45, 2.75) is 62.7 Å². The fourth-order valence-corrected chi connectivity index (χ4v) is 7.12. The van der Waals surface area contributed by atoms with E-state index in [9.17, 15) is 13.2 Å². The minimum atomic E-state index is -4.16. The Hall–Kier alpha value is -3.06. The van der Waals surface area contributed by atoms with Gasteiger partial charge in [-0.2, -0.15) is 0 Å². The monoisotopic (exact) mass is 591 g/mol. The van der Waals surface area contributed by atoms with Gasteiger partial charge < -0.3 is 18.9 Å². The minimum absolute atomic E-state index is 0.0920. The van der Waals surface area contributed by atoms with E-state index in [4.69, 9.17) is 23.9 Å². The van der Waals surface area contributed by atoms with Crippen LogP contribution >= 0.6 is 0 Å². The average molecular weight is 592 g/mol. The maximum absolute atomic E-state index is 15.5. The molecule has 2 aromatic carbocycles. The molecule has 0 radical (unpaired) electrons. The lowest BCUT2D eigenvalue weighted by Gasteiger charge is -2.42. The van der Waals surface area contributed by atoms with Gasteiger partial charge in [0, 0.05) is 26.1 Å². The molecule has 0 aromatic heterocycles. The maximum Gasteiger partial charge on any atom is 0.419 e. The molecule has 2 aliphatic rings. The van der Waals surface area contributed by atoms with Crippen molar-refractivity contribution in [1.29, 1.82) is 0 Å². The molecule has 1 saturated carbocycles. The molecule has 1 aliphatic carbocycles. The summed E-state index contributed by atoms with van der Waals surface area (Å²) < 4.78 is 67.1. The van der Waals surface area contributed by atoms with Crippen molar-refractivity contribution in [2.24, 2.45) is 4.99 Å². The van der Waals surface area contributed by atoms with Gasteiger partial charge in [-0.05, 0) is 38.8 Å². The molecular weight excluding hydrogens is 553 g/mol. The second-order valence-corrected chi connectivity index (χ2v) is 13.3. The summed E-state index contributed by atoms with van der Waals surface area (Å²) in [6.45, 7) is 5.38. The first kappa shape index (κ1) is 30.9. The summed E-state index contributed by atoms with van der Waals surface area (Å²) in [5.41, 5.74) is -1.39. The number of sulfonamides is 1. The first-order chi connectivity index (χ1) is 19.4. The van der Waals surface area contributed by atoms with E-state index in [1.807, 2.05) is 30.3 Å². The van der Waals surface area contributed by atoms with Gasteiger partial charge >= 0.3 is 6.09 Å². The van der Waals surface area contributed by atoms with Crippen LogP contribution in [0.2, 0.25) is 0 Å². The van der Waals surface area contributed by atoms with Gasteiger partial charge in [0.25, 0.3) is 0 Å². The van der Waals surface area contributed by atoms with Crippen LogP contribution in [0.1, 0.15) is 44.7 Å². The second kappa shape index (κ2) is 12.4. The number of nitrogens with zero attached hydrogens (tertiary/aromatic N) is 3. The summed E-state index contributed by atoms with van der Waals surface area (Å²) in [4.78, 5) is 19.3. The number of rotatable bonds is 9. The number of carbonyl (C=O) groups excluding carboxylic acids is 1. The predicted octanol–water partition coefficient (Wildman–Crippen LogP) is 4.26. The number of methoxy groups -OCH3 is 1. The van der Waals surface area contributed by atoms with Crippen LogP contribution in [0.3, 0.4) is 0 Å². The molecule has 3 unspecified atom stereocenters. The molecule has 12 heteroatoms. The molecular formula is C29H38FN3O7S. The first-order valence-corrected chi connectivity index (χ1v) is 14.9. The van der Waals surface area contributed by atoms with Crippen LogP contribution in [0.5, 0.6) is 0 Å². The summed E-state index contributed by atoms with van der Waals surface area (Å²) in [6, 6.07) is 15.5. The lowest BCUT2D eigenvalue weighted by Crippen LogP contribution is -2.59. The van der Waals surface area contributed by atoms with Crippen LogP contribution in [0.4, 0.5) is 9.18 Å². The van der Waals surface area contributed by atoms with E-state index >= 15 is 4.39 Å². The Bertz CT molecular complexity index is 1350. The lowest BCUT2D eigenvalue weighted by molar-refractivity contribution is -0.00426. The molecule has 0 bridgehead atoms. The van der Waals surface area contributed by atoms with Crippen LogP contribution in [-0.2, 0) is 41.1 Å². The number of ether oxygens (including phenoxy) is 4. The zero-order valence-corrected chi connectivity index (χ0v) is 24.9. The molecule has 1 aliphatic heterocycles. The highest BCUT2D eigenvalue weighted by atomic mass is 32.2. The number of halogens is 1. The van der Waals surface area contributed by atoms with Crippen molar-refractivity contribution in [3.05, 3.63) is 71.5 Å². The van der Waals surface area contributed by atoms with Crippen molar-refractivity contribution in [1.82, 2.24) is 9.21 Å². The van der Waals surface area contributed by atoms with Gasteiger partial charge in [-0.15, -0.1) is 0 Å². The number of carbonyl (C=O) groups is 1. The van der Waals surface area contributed by atoms with Gasteiger partial charge in [0.05, 0.1) is 25.9 Å². The Morgan fingerprint density at radius 2 is 1.80 bits per heavy atom. The molecule has 10 nitrogen and oxygen atoms in total.